The molecule has 0 aromatic heterocycles. The van der Waals surface area contributed by atoms with Crippen molar-refractivity contribution in [2.45, 2.75) is 0 Å². The molecule has 0 unspecified atom stereocenters. The molecule has 0 saturated carbocycles. The normalized spacial score (nSPS) is 9.94. The largest absolute Gasteiger partial charge is 0.338 e. The number of benzene rings is 2. The summed E-state index contributed by atoms with van der Waals surface area (Å²) in [6.07, 6.45) is 1.91. The minimum absolute atomic E-state index is 0.792. The zero-order chi connectivity index (χ0) is 12.1. The highest BCUT2D eigenvalue weighted by molar-refractivity contribution is 9.10. The summed E-state index contributed by atoms with van der Waals surface area (Å²) < 4.78 is 1.08. The number of hydrogen-bond donors (Lipinski definition) is 0. The molecule has 0 spiro atoms. The van der Waals surface area contributed by atoms with Crippen LogP contribution in [0, 0.1) is 0 Å². The summed E-state index contributed by atoms with van der Waals surface area (Å²) in [7, 11) is 0. The van der Waals surface area contributed by atoms with Crippen molar-refractivity contribution in [2.24, 2.45) is 0 Å². The van der Waals surface area contributed by atoms with Crippen molar-refractivity contribution in [3.63, 3.8) is 0 Å². The van der Waals surface area contributed by atoms with E-state index in [9.17, 15) is 0 Å². The molecular weight excluding hydrogens is 274 g/mol. The molecular formula is C15H14BrN. The van der Waals surface area contributed by atoms with Gasteiger partial charge in [0.15, 0.2) is 0 Å². The van der Waals surface area contributed by atoms with Crippen molar-refractivity contribution < 1.29 is 0 Å². The van der Waals surface area contributed by atoms with Crippen LogP contribution < -0.4 is 4.90 Å². The van der Waals surface area contributed by atoms with Gasteiger partial charge in [0.25, 0.3) is 0 Å². The summed E-state index contributed by atoms with van der Waals surface area (Å²) >= 11 is 3.50. The SMILES string of the molecule is C=CCN(c1ccccc1)c1cccc(Br)c1. The van der Waals surface area contributed by atoms with Gasteiger partial charge in [-0.1, -0.05) is 46.3 Å². The van der Waals surface area contributed by atoms with Crippen LogP contribution in [0.15, 0.2) is 71.7 Å². The summed E-state index contributed by atoms with van der Waals surface area (Å²) in [6.45, 7) is 4.61. The summed E-state index contributed by atoms with van der Waals surface area (Å²) in [6, 6.07) is 18.6. The van der Waals surface area contributed by atoms with Gasteiger partial charge in [-0.3, -0.25) is 0 Å². The molecule has 0 atom stereocenters. The Morgan fingerprint density at radius 1 is 1.00 bits per heavy atom. The Balaban J connectivity index is 2.39. The van der Waals surface area contributed by atoms with Crippen molar-refractivity contribution in [3.05, 3.63) is 71.7 Å². The van der Waals surface area contributed by atoms with Gasteiger partial charge in [-0.15, -0.1) is 6.58 Å². The van der Waals surface area contributed by atoms with E-state index in [1.807, 2.05) is 36.4 Å². The van der Waals surface area contributed by atoms with E-state index >= 15 is 0 Å². The highest BCUT2D eigenvalue weighted by Gasteiger charge is 2.06. The van der Waals surface area contributed by atoms with Crippen LogP contribution in [0.25, 0.3) is 0 Å². The maximum Gasteiger partial charge on any atom is 0.0425 e. The zero-order valence-electron chi connectivity index (χ0n) is 9.51. The van der Waals surface area contributed by atoms with E-state index in [0.29, 0.717) is 0 Å². The van der Waals surface area contributed by atoms with E-state index in [4.69, 9.17) is 0 Å². The zero-order valence-corrected chi connectivity index (χ0v) is 11.1. The first-order valence-electron chi connectivity index (χ1n) is 5.50. The Kier molecular flexibility index (Phi) is 3.99. The standard InChI is InChI=1S/C15H14BrN/c1-2-11-17(14-8-4-3-5-9-14)15-10-6-7-13(16)12-15/h2-10,12H,1,11H2. The van der Waals surface area contributed by atoms with Crippen LogP contribution in [0.2, 0.25) is 0 Å². The lowest BCUT2D eigenvalue weighted by molar-refractivity contribution is 1.10. The highest BCUT2D eigenvalue weighted by atomic mass is 79.9. The Morgan fingerprint density at radius 2 is 1.71 bits per heavy atom. The van der Waals surface area contributed by atoms with Gasteiger partial charge in [-0.2, -0.15) is 0 Å². The smallest absolute Gasteiger partial charge is 0.0425 e. The van der Waals surface area contributed by atoms with Gasteiger partial charge in [0.2, 0.25) is 0 Å². The molecule has 0 amide bonds. The van der Waals surface area contributed by atoms with Crippen molar-refractivity contribution in [2.75, 3.05) is 11.4 Å². The van der Waals surface area contributed by atoms with E-state index in [-0.39, 0.29) is 0 Å². The Hall–Kier alpha value is -1.54. The lowest BCUT2D eigenvalue weighted by atomic mass is 10.2. The Bertz CT molecular complexity index is 493. The number of rotatable bonds is 4. The average molecular weight is 288 g/mol. The molecule has 1 nitrogen and oxygen atoms in total. The second-order valence-electron chi connectivity index (χ2n) is 3.71. The van der Waals surface area contributed by atoms with Crippen LogP contribution in [0.1, 0.15) is 0 Å². The van der Waals surface area contributed by atoms with Crippen LogP contribution in [-0.2, 0) is 0 Å². The van der Waals surface area contributed by atoms with Gasteiger partial charge >= 0.3 is 0 Å². The lowest BCUT2D eigenvalue weighted by Gasteiger charge is -2.23. The molecule has 0 aliphatic rings. The van der Waals surface area contributed by atoms with Gasteiger partial charge in [-0.05, 0) is 30.3 Å². The average Bonchev–Trinajstić information content (AvgIpc) is 2.37. The molecule has 2 aromatic carbocycles. The third-order valence-corrected chi connectivity index (χ3v) is 2.99. The molecule has 2 heteroatoms. The Labute approximate surface area is 111 Å². The fraction of sp³-hybridized carbons (Fsp3) is 0.0667. The van der Waals surface area contributed by atoms with Crippen LogP contribution in [-0.4, -0.2) is 6.54 Å². The topological polar surface area (TPSA) is 3.24 Å². The molecule has 0 radical (unpaired) electrons. The van der Waals surface area contributed by atoms with Gasteiger partial charge in [0.05, 0.1) is 0 Å². The number of anilines is 2. The first-order chi connectivity index (χ1) is 8.31. The third-order valence-electron chi connectivity index (χ3n) is 2.50. The van der Waals surface area contributed by atoms with Crippen molar-refractivity contribution in [3.8, 4) is 0 Å². The molecule has 2 aromatic rings. The molecule has 86 valence electrons. The second-order valence-corrected chi connectivity index (χ2v) is 4.63. The van der Waals surface area contributed by atoms with Gasteiger partial charge < -0.3 is 4.90 Å². The van der Waals surface area contributed by atoms with E-state index in [1.54, 1.807) is 0 Å². The van der Waals surface area contributed by atoms with Crippen LogP contribution in [0.5, 0.6) is 0 Å². The summed E-state index contributed by atoms with van der Waals surface area (Å²) in [4.78, 5) is 2.22. The molecule has 2 rings (SSSR count). The van der Waals surface area contributed by atoms with E-state index in [0.717, 1.165) is 16.7 Å². The molecule has 0 aliphatic carbocycles. The predicted octanol–water partition coefficient (Wildman–Crippen LogP) is 4.77. The van der Waals surface area contributed by atoms with Crippen LogP contribution in [0.4, 0.5) is 11.4 Å². The molecule has 0 fully saturated rings. The van der Waals surface area contributed by atoms with E-state index < -0.39 is 0 Å². The molecule has 0 heterocycles. The minimum Gasteiger partial charge on any atom is -0.338 e. The van der Waals surface area contributed by atoms with E-state index in [2.05, 4.69) is 51.7 Å². The second kappa shape index (κ2) is 5.69. The first kappa shape index (κ1) is 11.9. The quantitative estimate of drug-likeness (QED) is 0.732. The fourth-order valence-electron chi connectivity index (χ4n) is 1.74. The maximum absolute atomic E-state index is 3.82. The van der Waals surface area contributed by atoms with Gasteiger partial charge in [0.1, 0.15) is 0 Å². The predicted molar refractivity (Wildman–Crippen MR) is 77.8 cm³/mol. The molecule has 0 aliphatic heterocycles. The molecule has 17 heavy (non-hydrogen) atoms. The summed E-state index contributed by atoms with van der Waals surface area (Å²) in [5.74, 6) is 0. The van der Waals surface area contributed by atoms with Crippen molar-refractivity contribution >= 4 is 27.3 Å². The minimum atomic E-state index is 0.792. The van der Waals surface area contributed by atoms with Crippen molar-refractivity contribution in [1.82, 2.24) is 0 Å². The van der Waals surface area contributed by atoms with Crippen LogP contribution >= 0.6 is 15.9 Å². The molecule has 0 saturated heterocycles. The van der Waals surface area contributed by atoms with Gasteiger partial charge in [-0.25, -0.2) is 0 Å². The fourth-order valence-corrected chi connectivity index (χ4v) is 2.13. The summed E-state index contributed by atoms with van der Waals surface area (Å²) in [5.41, 5.74) is 2.33. The maximum atomic E-state index is 3.82. The van der Waals surface area contributed by atoms with E-state index in [1.165, 1.54) is 5.69 Å². The Morgan fingerprint density at radius 3 is 2.35 bits per heavy atom. The summed E-state index contributed by atoms with van der Waals surface area (Å²) in [5, 5.41) is 0. The van der Waals surface area contributed by atoms with Crippen LogP contribution in [0.3, 0.4) is 0 Å². The number of nitrogens with zero attached hydrogens (tertiary/aromatic N) is 1. The van der Waals surface area contributed by atoms with Gasteiger partial charge in [0, 0.05) is 22.4 Å². The monoisotopic (exact) mass is 287 g/mol. The molecule has 0 N–H and O–H groups in total. The van der Waals surface area contributed by atoms with Crippen molar-refractivity contribution in [1.29, 1.82) is 0 Å². The number of para-hydroxylation sites is 1. The lowest BCUT2D eigenvalue weighted by Crippen LogP contribution is -2.16. The highest BCUT2D eigenvalue weighted by Crippen LogP contribution is 2.27. The molecule has 0 bridgehead atoms. The number of hydrogen-bond acceptors (Lipinski definition) is 1. The third kappa shape index (κ3) is 2.98. The first-order valence-corrected chi connectivity index (χ1v) is 6.29. The number of halogens is 1.